The summed E-state index contributed by atoms with van der Waals surface area (Å²) in [5.41, 5.74) is 0.245. The Kier molecular flexibility index (Phi) is 4.46. The van der Waals surface area contributed by atoms with Crippen molar-refractivity contribution in [2.45, 2.75) is 64.6 Å². The summed E-state index contributed by atoms with van der Waals surface area (Å²) in [7, 11) is 6.94. The fourth-order valence-corrected chi connectivity index (χ4v) is 5.79. The third-order valence-electron chi connectivity index (χ3n) is 6.13. The number of quaternary nitrogens is 1. The molecule has 0 amide bonds. The van der Waals surface area contributed by atoms with Crippen LogP contribution in [-0.4, -0.2) is 44.4 Å². The van der Waals surface area contributed by atoms with Crippen LogP contribution in [-0.2, 0) is 4.74 Å². The van der Waals surface area contributed by atoms with Gasteiger partial charge in [0, 0.05) is 5.41 Å². The Morgan fingerprint density at radius 2 is 1.77 bits per heavy atom. The van der Waals surface area contributed by atoms with Crippen LogP contribution in [0.4, 0.5) is 0 Å². The Hall–Kier alpha value is -0.340. The van der Waals surface area contributed by atoms with Crippen LogP contribution in [0.5, 0.6) is 0 Å². The second kappa shape index (κ2) is 5.94. The molecule has 3 aliphatic rings. The van der Waals surface area contributed by atoms with Crippen molar-refractivity contribution in [1.29, 1.82) is 0 Å². The standard InChI is InChI=1S/C20H36NO/c1-20(2,14-21(3,4)5)19-17-12-7-6-10-15(17)16-11-8-9-13-18(16)22-19/h6,10,15-19H,7-9,11-14H2,1-5H3/q+1/t15-,16+,17-,18+,19-/m1/s1. The van der Waals surface area contributed by atoms with E-state index in [4.69, 9.17) is 4.74 Å². The summed E-state index contributed by atoms with van der Waals surface area (Å²) in [6.07, 6.45) is 14.0. The van der Waals surface area contributed by atoms with E-state index in [1.54, 1.807) is 0 Å². The molecule has 2 fully saturated rings. The summed E-state index contributed by atoms with van der Waals surface area (Å²) in [6.45, 7) is 6.07. The maximum atomic E-state index is 6.83. The maximum Gasteiger partial charge on any atom is 0.0857 e. The molecule has 2 nitrogen and oxygen atoms in total. The van der Waals surface area contributed by atoms with Gasteiger partial charge in [-0.25, -0.2) is 0 Å². The Morgan fingerprint density at radius 1 is 1.05 bits per heavy atom. The van der Waals surface area contributed by atoms with Crippen LogP contribution in [0.2, 0.25) is 0 Å². The Balaban J connectivity index is 1.85. The third kappa shape index (κ3) is 3.28. The third-order valence-corrected chi connectivity index (χ3v) is 6.13. The molecule has 0 aromatic carbocycles. The fourth-order valence-electron chi connectivity index (χ4n) is 5.79. The van der Waals surface area contributed by atoms with Gasteiger partial charge in [0.1, 0.15) is 0 Å². The molecule has 0 aromatic heterocycles. The van der Waals surface area contributed by atoms with Crippen LogP contribution in [0.1, 0.15) is 52.4 Å². The topological polar surface area (TPSA) is 9.23 Å². The lowest BCUT2D eigenvalue weighted by molar-refractivity contribution is -0.877. The minimum Gasteiger partial charge on any atom is -0.374 e. The molecule has 1 saturated carbocycles. The lowest BCUT2D eigenvalue weighted by Gasteiger charge is -2.54. The van der Waals surface area contributed by atoms with Crippen molar-refractivity contribution in [3.8, 4) is 0 Å². The number of nitrogens with zero attached hydrogens (tertiary/aromatic N) is 1. The highest BCUT2D eigenvalue weighted by molar-refractivity contribution is 5.08. The van der Waals surface area contributed by atoms with Gasteiger partial charge in [-0.2, -0.15) is 0 Å². The van der Waals surface area contributed by atoms with Gasteiger partial charge >= 0.3 is 0 Å². The van der Waals surface area contributed by atoms with Crippen LogP contribution in [0.15, 0.2) is 12.2 Å². The zero-order chi connectivity index (χ0) is 16.0. The van der Waals surface area contributed by atoms with Crippen LogP contribution in [0.25, 0.3) is 0 Å². The summed E-state index contributed by atoms with van der Waals surface area (Å²) >= 11 is 0. The Bertz CT molecular complexity index is 420. The van der Waals surface area contributed by atoms with Crippen LogP contribution in [0.3, 0.4) is 0 Å². The second-order valence-electron chi connectivity index (χ2n) is 9.73. The largest absolute Gasteiger partial charge is 0.374 e. The highest BCUT2D eigenvalue weighted by Gasteiger charge is 2.51. The first kappa shape index (κ1) is 16.5. The predicted molar refractivity (Wildman–Crippen MR) is 92.7 cm³/mol. The molecular formula is C20H36NO+. The highest BCUT2D eigenvalue weighted by atomic mass is 16.5. The number of rotatable bonds is 3. The van der Waals surface area contributed by atoms with E-state index < -0.39 is 0 Å². The first-order valence-corrected chi connectivity index (χ1v) is 9.40. The molecule has 2 aliphatic carbocycles. The Morgan fingerprint density at radius 3 is 2.50 bits per heavy atom. The SMILES string of the molecule is CC(C)(C[N+](C)(C)C)[C@@H]1O[C@H]2CCCC[C@H]2[C@H]2C=CCC[C@H]21. The van der Waals surface area contributed by atoms with Crippen molar-refractivity contribution in [2.75, 3.05) is 27.7 Å². The molecule has 0 radical (unpaired) electrons. The van der Waals surface area contributed by atoms with Crippen LogP contribution >= 0.6 is 0 Å². The van der Waals surface area contributed by atoms with Crippen molar-refractivity contribution >= 4 is 0 Å². The van der Waals surface area contributed by atoms with Crippen molar-refractivity contribution in [3.05, 3.63) is 12.2 Å². The number of hydrogen-bond acceptors (Lipinski definition) is 1. The molecule has 3 rings (SSSR count). The maximum absolute atomic E-state index is 6.83. The molecule has 0 unspecified atom stereocenters. The van der Waals surface area contributed by atoms with Gasteiger partial charge in [0.2, 0.25) is 0 Å². The van der Waals surface area contributed by atoms with Crippen LogP contribution in [0, 0.1) is 23.2 Å². The molecule has 1 heterocycles. The van der Waals surface area contributed by atoms with Gasteiger partial charge in [-0.3, -0.25) is 0 Å². The van der Waals surface area contributed by atoms with Crippen molar-refractivity contribution < 1.29 is 9.22 Å². The summed E-state index contributed by atoms with van der Waals surface area (Å²) in [6, 6.07) is 0. The lowest BCUT2D eigenvalue weighted by atomic mass is 9.61. The van der Waals surface area contributed by atoms with Crippen molar-refractivity contribution in [2.24, 2.45) is 23.2 Å². The van der Waals surface area contributed by atoms with Crippen molar-refractivity contribution in [1.82, 2.24) is 0 Å². The molecule has 1 aliphatic heterocycles. The van der Waals surface area contributed by atoms with Gasteiger partial charge in [-0.05, 0) is 43.4 Å². The van der Waals surface area contributed by atoms with E-state index in [-0.39, 0.29) is 5.41 Å². The van der Waals surface area contributed by atoms with E-state index in [2.05, 4.69) is 47.1 Å². The van der Waals surface area contributed by atoms with E-state index in [0.717, 1.165) is 22.2 Å². The number of fused-ring (bicyclic) bond motifs is 3. The molecule has 1 saturated heterocycles. The summed E-state index contributed by atoms with van der Waals surface area (Å²) < 4.78 is 7.85. The smallest absolute Gasteiger partial charge is 0.0857 e. The molecule has 0 spiro atoms. The predicted octanol–water partition coefficient (Wildman–Crippen LogP) is 4.26. The molecule has 126 valence electrons. The number of hydrogen-bond donors (Lipinski definition) is 0. The highest BCUT2D eigenvalue weighted by Crippen LogP contribution is 2.50. The van der Waals surface area contributed by atoms with Gasteiger partial charge in [-0.15, -0.1) is 0 Å². The molecule has 5 atom stereocenters. The van der Waals surface area contributed by atoms with E-state index in [1.807, 2.05) is 0 Å². The van der Waals surface area contributed by atoms with Crippen molar-refractivity contribution in [3.63, 3.8) is 0 Å². The normalized spacial score (nSPS) is 39.2. The first-order valence-electron chi connectivity index (χ1n) is 9.40. The van der Waals surface area contributed by atoms with Gasteiger partial charge in [0.25, 0.3) is 0 Å². The van der Waals surface area contributed by atoms with E-state index in [9.17, 15) is 0 Å². The monoisotopic (exact) mass is 306 g/mol. The molecule has 22 heavy (non-hydrogen) atoms. The van der Waals surface area contributed by atoms with E-state index in [0.29, 0.717) is 12.2 Å². The average molecular weight is 307 g/mol. The summed E-state index contributed by atoms with van der Waals surface area (Å²) in [4.78, 5) is 0. The molecule has 0 aromatic rings. The van der Waals surface area contributed by atoms with Crippen LogP contribution < -0.4 is 0 Å². The lowest BCUT2D eigenvalue weighted by Crippen LogP contribution is -2.57. The average Bonchev–Trinajstić information content (AvgIpc) is 2.44. The van der Waals surface area contributed by atoms with Gasteiger partial charge in [0.05, 0.1) is 39.9 Å². The molecule has 0 N–H and O–H groups in total. The first-order chi connectivity index (χ1) is 10.3. The van der Waals surface area contributed by atoms with E-state index in [1.165, 1.54) is 45.1 Å². The molecule has 2 heteroatoms. The zero-order valence-corrected chi connectivity index (χ0v) is 15.3. The number of ether oxygens (including phenoxy) is 1. The quantitative estimate of drug-likeness (QED) is 0.559. The van der Waals surface area contributed by atoms with Gasteiger partial charge < -0.3 is 9.22 Å². The fraction of sp³-hybridized carbons (Fsp3) is 0.900. The minimum atomic E-state index is 0.245. The summed E-state index contributed by atoms with van der Waals surface area (Å²) in [5.74, 6) is 2.32. The second-order valence-corrected chi connectivity index (χ2v) is 9.73. The minimum absolute atomic E-state index is 0.245. The van der Waals surface area contributed by atoms with E-state index >= 15 is 0 Å². The summed E-state index contributed by atoms with van der Waals surface area (Å²) in [5, 5.41) is 0. The molecule has 0 bridgehead atoms. The van der Waals surface area contributed by atoms with Gasteiger partial charge in [0.15, 0.2) is 0 Å². The van der Waals surface area contributed by atoms with Gasteiger partial charge in [-0.1, -0.05) is 38.8 Å². The molecular weight excluding hydrogens is 270 g/mol. The zero-order valence-electron chi connectivity index (χ0n) is 15.3. The Labute approximate surface area is 137 Å². The number of allylic oxidation sites excluding steroid dienone is 2.